The van der Waals surface area contributed by atoms with Crippen LogP contribution in [0.25, 0.3) is 0 Å². The fourth-order valence-corrected chi connectivity index (χ4v) is 1.22. The fraction of sp³-hybridized carbons (Fsp3) is 0.462. The maximum atomic E-state index is 13.6. The molecule has 1 aromatic rings. The standard InChI is InChI=1S/C13H17FO2/c1-4-13(3,14)12(15)16-10(2)11-8-6-5-7-9-11/h5-10H,4H2,1-3H3. The highest BCUT2D eigenvalue weighted by Crippen LogP contribution is 2.23. The van der Waals surface area contributed by atoms with Crippen molar-refractivity contribution >= 4 is 5.97 Å². The van der Waals surface area contributed by atoms with Crippen LogP contribution >= 0.6 is 0 Å². The topological polar surface area (TPSA) is 26.3 Å². The third-order valence-electron chi connectivity index (χ3n) is 2.64. The first kappa shape index (κ1) is 12.7. The molecule has 0 N–H and O–H groups in total. The molecule has 2 unspecified atom stereocenters. The minimum atomic E-state index is -1.90. The molecule has 16 heavy (non-hydrogen) atoms. The van der Waals surface area contributed by atoms with E-state index in [0.29, 0.717) is 0 Å². The third-order valence-corrected chi connectivity index (χ3v) is 2.64. The SMILES string of the molecule is CCC(C)(F)C(=O)OC(C)c1ccccc1. The van der Waals surface area contributed by atoms with Crippen LogP contribution < -0.4 is 0 Å². The Balaban J connectivity index is 2.66. The number of alkyl halides is 1. The van der Waals surface area contributed by atoms with E-state index in [4.69, 9.17) is 4.74 Å². The molecule has 0 amide bonds. The summed E-state index contributed by atoms with van der Waals surface area (Å²) in [5.74, 6) is -0.800. The molecule has 0 saturated heterocycles. The molecule has 1 rings (SSSR count). The van der Waals surface area contributed by atoms with Gasteiger partial charge in [0.25, 0.3) is 0 Å². The maximum absolute atomic E-state index is 13.6. The molecule has 2 nitrogen and oxygen atoms in total. The van der Waals surface area contributed by atoms with Crippen LogP contribution in [-0.4, -0.2) is 11.6 Å². The highest BCUT2D eigenvalue weighted by Gasteiger charge is 2.33. The Labute approximate surface area is 95.4 Å². The Kier molecular flexibility index (Phi) is 4.05. The molecule has 0 fully saturated rings. The molecule has 1 aromatic carbocycles. The number of halogens is 1. The zero-order valence-corrected chi connectivity index (χ0v) is 9.87. The second-order valence-corrected chi connectivity index (χ2v) is 4.01. The minimum absolute atomic E-state index is 0.118. The molecular weight excluding hydrogens is 207 g/mol. The summed E-state index contributed by atoms with van der Waals surface area (Å²) in [6.45, 7) is 4.60. The fourth-order valence-electron chi connectivity index (χ4n) is 1.22. The lowest BCUT2D eigenvalue weighted by Crippen LogP contribution is -2.32. The Morgan fingerprint density at radius 1 is 1.44 bits per heavy atom. The average Bonchev–Trinajstić information content (AvgIpc) is 2.30. The molecule has 88 valence electrons. The number of hydrogen-bond acceptors (Lipinski definition) is 2. The summed E-state index contributed by atoms with van der Waals surface area (Å²) in [6, 6.07) is 9.28. The maximum Gasteiger partial charge on any atom is 0.344 e. The first-order valence-corrected chi connectivity index (χ1v) is 5.42. The van der Waals surface area contributed by atoms with Crippen LogP contribution in [0, 0.1) is 0 Å². The van der Waals surface area contributed by atoms with Gasteiger partial charge in [0.15, 0.2) is 0 Å². The number of hydrogen-bond donors (Lipinski definition) is 0. The molecule has 0 aromatic heterocycles. The van der Waals surface area contributed by atoms with E-state index in [-0.39, 0.29) is 6.42 Å². The van der Waals surface area contributed by atoms with Gasteiger partial charge in [-0.25, -0.2) is 9.18 Å². The third kappa shape index (κ3) is 3.05. The van der Waals surface area contributed by atoms with Gasteiger partial charge in [0.05, 0.1) is 0 Å². The van der Waals surface area contributed by atoms with Gasteiger partial charge in [-0.1, -0.05) is 37.3 Å². The average molecular weight is 224 g/mol. The Morgan fingerprint density at radius 3 is 2.50 bits per heavy atom. The molecule has 0 radical (unpaired) electrons. The largest absolute Gasteiger partial charge is 0.455 e. The lowest BCUT2D eigenvalue weighted by Gasteiger charge is -2.20. The lowest BCUT2D eigenvalue weighted by molar-refractivity contribution is -0.162. The van der Waals surface area contributed by atoms with E-state index in [1.807, 2.05) is 30.3 Å². The van der Waals surface area contributed by atoms with Crippen LogP contribution in [0.2, 0.25) is 0 Å². The molecule has 2 atom stereocenters. The van der Waals surface area contributed by atoms with Crippen molar-refractivity contribution in [2.45, 2.75) is 39.0 Å². The van der Waals surface area contributed by atoms with Crippen molar-refractivity contribution in [3.05, 3.63) is 35.9 Å². The van der Waals surface area contributed by atoms with Gasteiger partial charge in [-0.15, -0.1) is 0 Å². The van der Waals surface area contributed by atoms with Crippen molar-refractivity contribution < 1.29 is 13.9 Å². The second kappa shape index (κ2) is 5.10. The van der Waals surface area contributed by atoms with Crippen molar-refractivity contribution in [1.29, 1.82) is 0 Å². The van der Waals surface area contributed by atoms with Crippen LogP contribution in [0.15, 0.2) is 30.3 Å². The highest BCUT2D eigenvalue weighted by atomic mass is 19.1. The molecule has 3 heteroatoms. The first-order valence-electron chi connectivity index (χ1n) is 5.42. The van der Waals surface area contributed by atoms with E-state index < -0.39 is 17.7 Å². The lowest BCUT2D eigenvalue weighted by atomic mass is 10.1. The molecule has 0 aliphatic rings. The summed E-state index contributed by atoms with van der Waals surface area (Å²) in [5.41, 5.74) is -1.04. The molecule has 0 aliphatic carbocycles. The zero-order chi connectivity index (χ0) is 12.2. The van der Waals surface area contributed by atoms with Crippen LogP contribution in [0.5, 0.6) is 0 Å². The number of benzene rings is 1. The van der Waals surface area contributed by atoms with Gasteiger partial charge in [-0.3, -0.25) is 0 Å². The number of ether oxygens (including phenoxy) is 1. The Hall–Kier alpha value is -1.38. The zero-order valence-electron chi connectivity index (χ0n) is 9.87. The highest BCUT2D eigenvalue weighted by molar-refractivity contribution is 5.79. The number of rotatable bonds is 4. The number of carbonyl (C=O) groups excluding carboxylic acids is 1. The van der Waals surface area contributed by atoms with E-state index >= 15 is 0 Å². The summed E-state index contributed by atoms with van der Waals surface area (Å²) in [7, 11) is 0. The number of carbonyl (C=O) groups is 1. The Bertz CT molecular complexity index is 346. The van der Waals surface area contributed by atoms with Gasteiger partial charge < -0.3 is 4.74 Å². The second-order valence-electron chi connectivity index (χ2n) is 4.01. The van der Waals surface area contributed by atoms with Gasteiger partial charge in [0.1, 0.15) is 6.10 Å². The van der Waals surface area contributed by atoms with Crippen molar-refractivity contribution in [3.63, 3.8) is 0 Å². The summed E-state index contributed by atoms with van der Waals surface area (Å²) in [5, 5.41) is 0. The van der Waals surface area contributed by atoms with Gasteiger partial charge in [0.2, 0.25) is 5.67 Å². The van der Waals surface area contributed by atoms with E-state index in [1.54, 1.807) is 13.8 Å². The number of esters is 1. The summed E-state index contributed by atoms with van der Waals surface area (Å²) < 4.78 is 18.7. The van der Waals surface area contributed by atoms with E-state index in [0.717, 1.165) is 5.56 Å². The van der Waals surface area contributed by atoms with Crippen LogP contribution in [0.4, 0.5) is 4.39 Å². The summed E-state index contributed by atoms with van der Waals surface area (Å²) in [6.07, 6.45) is -0.303. The monoisotopic (exact) mass is 224 g/mol. The van der Waals surface area contributed by atoms with Gasteiger partial charge in [-0.05, 0) is 25.8 Å². The van der Waals surface area contributed by atoms with E-state index in [2.05, 4.69) is 0 Å². The predicted octanol–water partition coefficient (Wildman–Crippen LogP) is 3.43. The minimum Gasteiger partial charge on any atom is -0.455 e. The van der Waals surface area contributed by atoms with Crippen molar-refractivity contribution in [2.24, 2.45) is 0 Å². The normalized spacial score (nSPS) is 16.2. The molecule has 0 spiro atoms. The van der Waals surface area contributed by atoms with E-state index in [9.17, 15) is 9.18 Å². The molecule has 0 aliphatic heterocycles. The predicted molar refractivity (Wildman–Crippen MR) is 60.8 cm³/mol. The molecule has 0 saturated carbocycles. The van der Waals surface area contributed by atoms with Crippen molar-refractivity contribution in [3.8, 4) is 0 Å². The van der Waals surface area contributed by atoms with Gasteiger partial charge in [0, 0.05) is 0 Å². The molecular formula is C13H17FO2. The van der Waals surface area contributed by atoms with E-state index in [1.165, 1.54) is 6.92 Å². The van der Waals surface area contributed by atoms with Crippen LogP contribution in [0.1, 0.15) is 38.9 Å². The van der Waals surface area contributed by atoms with Crippen molar-refractivity contribution in [1.82, 2.24) is 0 Å². The molecule has 0 bridgehead atoms. The van der Waals surface area contributed by atoms with Crippen molar-refractivity contribution in [2.75, 3.05) is 0 Å². The van der Waals surface area contributed by atoms with Crippen LogP contribution in [-0.2, 0) is 9.53 Å². The molecule has 0 heterocycles. The first-order chi connectivity index (χ1) is 7.47. The smallest absolute Gasteiger partial charge is 0.344 e. The quantitative estimate of drug-likeness (QED) is 0.732. The van der Waals surface area contributed by atoms with Gasteiger partial charge >= 0.3 is 5.97 Å². The van der Waals surface area contributed by atoms with Crippen LogP contribution in [0.3, 0.4) is 0 Å². The summed E-state index contributed by atoms with van der Waals surface area (Å²) >= 11 is 0. The van der Waals surface area contributed by atoms with Gasteiger partial charge in [-0.2, -0.15) is 0 Å². The summed E-state index contributed by atoms with van der Waals surface area (Å²) in [4.78, 5) is 11.5. The Morgan fingerprint density at radius 2 is 2.00 bits per heavy atom.